The van der Waals surface area contributed by atoms with Crippen LogP contribution in [-0.4, -0.2) is 36.6 Å². The smallest absolute Gasteiger partial charge is 0.314 e. The van der Waals surface area contributed by atoms with Crippen LogP contribution in [0.3, 0.4) is 0 Å². The van der Waals surface area contributed by atoms with Crippen LogP contribution in [0.25, 0.3) is 0 Å². The van der Waals surface area contributed by atoms with Gasteiger partial charge in [0.15, 0.2) is 0 Å². The molecule has 1 atom stereocenters. The Morgan fingerprint density at radius 3 is 2.90 bits per heavy atom. The molecule has 4 nitrogen and oxygen atoms in total. The highest BCUT2D eigenvalue weighted by atomic mass is 16.2. The fraction of sp³-hybridized carbons (Fsp3) is 0.833. The van der Waals surface area contributed by atoms with Gasteiger partial charge in [0.25, 0.3) is 0 Å². The number of urea groups is 1. The zero-order valence-electron chi connectivity index (χ0n) is 6.08. The second kappa shape index (κ2) is 2.88. The van der Waals surface area contributed by atoms with Crippen LogP contribution in [0.1, 0.15) is 6.92 Å². The molecule has 1 rings (SSSR count). The predicted octanol–water partition coefficient (Wildman–Crippen LogP) is -0.626. The average molecular weight is 142 g/mol. The van der Waals surface area contributed by atoms with Crippen LogP contribution < -0.4 is 11.1 Å². The number of hydrogen-bond acceptors (Lipinski definition) is 1. The second-order valence-corrected chi connectivity index (χ2v) is 2.54. The summed E-state index contributed by atoms with van der Waals surface area (Å²) in [4.78, 5) is 12.2. The van der Waals surface area contributed by atoms with Crippen LogP contribution in [0.5, 0.6) is 0 Å². The Hall–Kier alpha value is -0.770. The van der Waals surface area contributed by atoms with E-state index in [1.807, 2.05) is 6.92 Å². The number of carbonyl (C=O) groups excluding carboxylic acids is 1. The van der Waals surface area contributed by atoms with Crippen molar-refractivity contribution in [1.82, 2.24) is 10.2 Å². The number of carbonyl (C=O) groups is 1. The molecule has 0 saturated carbocycles. The molecule has 1 fully saturated rings. The number of piperazine rings is 1. The lowest BCUT2D eigenvalue weighted by Crippen LogP contribution is -2.50. The van der Waals surface area contributed by atoms with Gasteiger partial charge in [-0.3, -0.25) is 0 Å². The lowest BCUT2D eigenvalue weighted by atomic mass is 10.2. The van der Waals surface area contributed by atoms with E-state index in [0.717, 1.165) is 6.54 Å². The van der Waals surface area contributed by atoms with Crippen molar-refractivity contribution in [2.45, 2.75) is 13.0 Å². The van der Waals surface area contributed by atoms with Crippen molar-refractivity contribution < 1.29 is 4.79 Å². The van der Waals surface area contributed by atoms with Crippen molar-refractivity contribution in [2.75, 3.05) is 19.6 Å². The number of primary amides is 1. The summed E-state index contributed by atoms with van der Waals surface area (Å²) in [6.07, 6.45) is 0. The molecule has 57 valence electrons. The van der Waals surface area contributed by atoms with Crippen molar-refractivity contribution in [3.05, 3.63) is 0 Å². The standard InChI is InChI=1S/C6H12N3O/c1-5-4-9(6(7)10)3-2-8-5/h5H,2-4H2,1H3,(H2,7,10). The Morgan fingerprint density at radius 2 is 2.50 bits per heavy atom. The van der Waals surface area contributed by atoms with Crippen LogP contribution in [0.4, 0.5) is 4.79 Å². The van der Waals surface area contributed by atoms with Gasteiger partial charge in [-0.2, -0.15) is 0 Å². The molecule has 0 bridgehead atoms. The highest BCUT2D eigenvalue weighted by Crippen LogP contribution is 1.98. The molecule has 0 aromatic rings. The summed E-state index contributed by atoms with van der Waals surface area (Å²) < 4.78 is 0. The average Bonchev–Trinajstić information content (AvgIpc) is 1.88. The van der Waals surface area contributed by atoms with E-state index < -0.39 is 0 Å². The molecule has 1 heterocycles. The first-order chi connectivity index (χ1) is 4.70. The van der Waals surface area contributed by atoms with E-state index in [1.54, 1.807) is 4.90 Å². The Bertz CT molecular complexity index is 137. The lowest BCUT2D eigenvalue weighted by Gasteiger charge is -2.28. The Labute approximate surface area is 60.4 Å². The molecule has 1 radical (unpaired) electrons. The molecule has 1 aliphatic heterocycles. The number of hydrogen-bond donors (Lipinski definition) is 1. The first kappa shape index (κ1) is 7.34. The van der Waals surface area contributed by atoms with E-state index in [2.05, 4.69) is 5.32 Å². The van der Waals surface area contributed by atoms with Crippen molar-refractivity contribution in [1.29, 1.82) is 0 Å². The van der Waals surface area contributed by atoms with Gasteiger partial charge in [0.05, 0.1) is 0 Å². The van der Waals surface area contributed by atoms with Crippen molar-refractivity contribution in [2.24, 2.45) is 5.73 Å². The number of nitrogens with zero attached hydrogens (tertiary/aromatic N) is 2. The lowest BCUT2D eigenvalue weighted by molar-refractivity contribution is 0.187. The molecule has 4 heteroatoms. The predicted molar refractivity (Wildman–Crippen MR) is 37.6 cm³/mol. The summed E-state index contributed by atoms with van der Waals surface area (Å²) in [5.41, 5.74) is 5.07. The second-order valence-electron chi connectivity index (χ2n) is 2.54. The SMILES string of the molecule is CC1CN(C(N)=O)CC[N]1. The van der Waals surface area contributed by atoms with E-state index >= 15 is 0 Å². The molecular weight excluding hydrogens is 130 g/mol. The minimum absolute atomic E-state index is 0.251. The van der Waals surface area contributed by atoms with Crippen LogP contribution in [-0.2, 0) is 0 Å². The normalized spacial score (nSPS) is 26.5. The molecule has 2 amide bonds. The largest absolute Gasteiger partial charge is 0.351 e. The summed E-state index contributed by atoms with van der Waals surface area (Å²) in [5.74, 6) is 0. The van der Waals surface area contributed by atoms with Gasteiger partial charge in [0.2, 0.25) is 0 Å². The minimum atomic E-state index is -0.332. The van der Waals surface area contributed by atoms with Gasteiger partial charge in [-0.05, 0) is 6.92 Å². The van der Waals surface area contributed by atoms with E-state index in [4.69, 9.17) is 5.73 Å². The highest BCUT2D eigenvalue weighted by Gasteiger charge is 2.18. The maximum absolute atomic E-state index is 10.6. The van der Waals surface area contributed by atoms with Gasteiger partial charge >= 0.3 is 6.03 Å². The third-order valence-electron chi connectivity index (χ3n) is 1.61. The molecule has 10 heavy (non-hydrogen) atoms. The van der Waals surface area contributed by atoms with Gasteiger partial charge in [-0.25, -0.2) is 10.1 Å². The number of rotatable bonds is 0. The quantitative estimate of drug-likeness (QED) is 0.481. The highest BCUT2D eigenvalue weighted by molar-refractivity contribution is 5.72. The summed E-state index contributed by atoms with van der Waals surface area (Å²) >= 11 is 0. The zero-order valence-corrected chi connectivity index (χ0v) is 6.08. The fourth-order valence-electron chi connectivity index (χ4n) is 1.07. The van der Waals surface area contributed by atoms with E-state index in [1.165, 1.54) is 0 Å². The Balaban J connectivity index is 2.39. The zero-order chi connectivity index (χ0) is 7.56. The monoisotopic (exact) mass is 142 g/mol. The van der Waals surface area contributed by atoms with E-state index in [-0.39, 0.29) is 12.1 Å². The first-order valence-corrected chi connectivity index (χ1v) is 3.41. The van der Waals surface area contributed by atoms with E-state index in [0.29, 0.717) is 13.1 Å². The molecule has 1 saturated heterocycles. The summed E-state index contributed by atoms with van der Waals surface area (Å²) in [5, 5.41) is 4.21. The molecule has 0 spiro atoms. The Morgan fingerprint density at radius 1 is 1.80 bits per heavy atom. The summed E-state index contributed by atoms with van der Waals surface area (Å²) in [6, 6.07) is -0.0806. The fourth-order valence-corrected chi connectivity index (χ4v) is 1.07. The molecule has 2 N–H and O–H groups in total. The Kier molecular flexibility index (Phi) is 2.11. The summed E-state index contributed by atoms with van der Waals surface area (Å²) in [7, 11) is 0. The van der Waals surface area contributed by atoms with Gasteiger partial charge in [0.1, 0.15) is 0 Å². The van der Waals surface area contributed by atoms with Crippen LogP contribution in [0, 0.1) is 0 Å². The van der Waals surface area contributed by atoms with Gasteiger partial charge in [0, 0.05) is 25.7 Å². The van der Waals surface area contributed by atoms with Crippen molar-refractivity contribution in [3.8, 4) is 0 Å². The molecule has 0 aromatic carbocycles. The van der Waals surface area contributed by atoms with Crippen LogP contribution in [0.2, 0.25) is 0 Å². The third kappa shape index (κ3) is 1.60. The van der Waals surface area contributed by atoms with Gasteiger partial charge in [-0.15, -0.1) is 0 Å². The minimum Gasteiger partial charge on any atom is -0.351 e. The molecule has 0 aromatic heterocycles. The maximum Gasteiger partial charge on any atom is 0.314 e. The van der Waals surface area contributed by atoms with Crippen LogP contribution >= 0.6 is 0 Å². The van der Waals surface area contributed by atoms with Gasteiger partial charge < -0.3 is 10.6 Å². The van der Waals surface area contributed by atoms with Gasteiger partial charge in [-0.1, -0.05) is 0 Å². The molecule has 1 aliphatic rings. The van der Waals surface area contributed by atoms with Crippen molar-refractivity contribution in [3.63, 3.8) is 0 Å². The van der Waals surface area contributed by atoms with E-state index in [9.17, 15) is 4.79 Å². The maximum atomic E-state index is 10.6. The third-order valence-corrected chi connectivity index (χ3v) is 1.61. The van der Waals surface area contributed by atoms with Crippen LogP contribution in [0.15, 0.2) is 0 Å². The summed E-state index contributed by atoms with van der Waals surface area (Å²) in [6.45, 7) is 4.06. The first-order valence-electron chi connectivity index (χ1n) is 3.41. The topological polar surface area (TPSA) is 60.4 Å². The molecule has 0 aliphatic carbocycles. The number of nitrogens with two attached hydrogens (primary N) is 1. The van der Waals surface area contributed by atoms with Crippen molar-refractivity contribution >= 4 is 6.03 Å². The molecule has 1 unspecified atom stereocenters. The number of amides is 2. The molecular formula is C6H12N3O.